The fourth-order valence-electron chi connectivity index (χ4n) is 4.22. The third-order valence-corrected chi connectivity index (χ3v) is 5.38. The average molecular weight is 369 g/mol. The first-order valence-corrected chi connectivity index (χ1v) is 9.73. The minimum absolute atomic E-state index is 0.0852. The van der Waals surface area contributed by atoms with Gasteiger partial charge in [0.1, 0.15) is 0 Å². The Bertz CT molecular complexity index is 504. The predicted molar refractivity (Wildman–Crippen MR) is 100 cm³/mol. The number of hydrogen-bond acceptors (Lipinski definition) is 4. The highest BCUT2D eigenvalue weighted by molar-refractivity contribution is 5.91. The Morgan fingerprint density at radius 1 is 1.08 bits per heavy atom. The van der Waals surface area contributed by atoms with Crippen LogP contribution in [-0.2, 0) is 14.4 Å². The van der Waals surface area contributed by atoms with Crippen molar-refractivity contribution in [1.82, 2.24) is 10.8 Å². The lowest BCUT2D eigenvalue weighted by molar-refractivity contribution is -0.144. The van der Waals surface area contributed by atoms with Gasteiger partial charge in [0.05, 0.1) is 17.9 Å². The zero-order chi connectivity index (χ0) is 20.1. The molecular weight excluding hydrogens is 332 g/mol. The molecule has 0 radical (unpaired) electrons. The van der Waals surface area contributed by atoms with Gasteiger partial charge >= 0.3 is 0 Å². The number of hydrogen-bond donors (Lipinski definition) is 3. The van der Waals surface area contributed by atoms with Crippen LogP contribution < -0.4 is 10.8 Å². The first-order chi connectivity index (χ1) is 12.0. The molecule has 150 valence electrons. The number of Topliss-reactive ketones (excluding diaryl/α,β-unsaturated/α-hetero) is 1. The molecule has 0 bridgehead atoms. The molecule has 2 amide bonds. The number of ketones is 1. The molecule has 0 spiro atoms. The SMILES string of the molecule is CC(=O)[C@@H](NC(=O)C(CC(C)C)[C@@H](C(=O)NO)C1CCCC1)C(C)(C)C. The second kappa shape index (κ2) is 9.49. The molecule has 0 heterocycles. The molecule has 1 aliphatic carbocycles. The molecular formula is C20H36N2O4. The quantitative estimate of drug-likeness (QED) is 0.453. The van der Waals surface area contributed by atoms with E-state index in [1.807, 2.05) is 34.6 Å². The van der Waals surface area contributed by atoms with E-state index < -0.39 is 29.2 Å². The molecule has 3 atom stereocenters. The van der Waals surface area contributed by atoms with Gasteiger partial charge in [-0.25, -0.2) is 5.48 Å². The molecule has 0 aromatic heterocycles. The van der Waals surface area contributed by atoms with E-state index in [1.165, 1.54) is 6.92 Å². The van der Waals surface area contributed by atoms with E-state index in [9.17, 15) is 19.6 Å². The van der Waals surface area contributed by atoms with Crippen molar-refractivity contribution in [2.24, 2.45) is 29.1 Å². The van der Waals surface area contributed by atoms with Gasteiger partial charge < -0.3 is 5.32 Å². The zero-order valence-electron chi connectivity index (χ0n) is 17.1. The maximum absolute atomic E-state index is 13.1. The van der Waals surface area contributed by atoms with Crippen LogP contribution in [0.5, 0.6) is 0 Å². The molecule has 1 aliphatic rings. The Hall–Kier alpha value is -1.43. The van der Waals surface area contributed by atoms with Gasteiger partial charge in [0.2, 0.25) is 11.8 Å². The van der Waals surface area contributed by atoms with Gasteiger partial charge in [0.15, 0.2) is 5.78 Å². The molecule has 0 aliphatic heterocycles. The van der Waals surface area contributed by atoms with Crippen molar-refractivity contribution in [3.8, 4) is 0 Å². The van der Waals surface area contributed by atoms with Gasteiger partial charge in [0, 0.05) is 0 Å². The highest BCUT2D eigenvalue weighted by Crippen LogP contribution is 2.38. The zero-order valence-corrected chi connectivity index (χ0v) is 17.1. The van der Waals surface area contributed by atoms with Crippen molar-refractivity contribution in [1.29, 1.82) is 0 Å². The van der Waals surface area contributed by atoms with Crippen molar-refractivity contribution in [3.63, 3.8) is 0 Å². The summed E-state index contributed by atoms with van der Waals surface area (Å²) in [6, 6.07) is -0.605. The Kier molecular flexibility index (Phi) is 8.25. The summed E-state index contributed by atoms with van der Waals surface area (Å²) in [4.78, 5) is 37.6. The molecule has 1 unspecified atom stereocenters. The fourth-order valence-corrected chi connectivity index (χ4v) is 4.22. The summed E-state index contributed by atoms with van der Waals surface area (Å²) >= 11 is 0. The van der Waals surface area contributed by atoms with Crippen LogP contribution in [0.1, 0.15) is 73.6 Å². The maximum atomic E-state index is 13.1. The Morgan fingerprint density at radius 2 is 1.62 bits per heavy atom. The summed E-state index contributed by atoms with van der Waals surface area (Å²) in [6.07, 6.45) is 4.38. The van der Waals surface area contributed by atoms with Crippen LogP contribution in [0.15, 0.2) is 0 Å². The smallest absolute Gasteiger partial charge is 0.247 e. The van der Waals surface area contributed by atoms with Gasteiger partial charge in [-0.3, -0.25) is 19.6 Å². The minimum Gasteiger partial charge on any atom is -0.346 e. The normalized spacial score (nSPS) is 19.1. The first-order valence-electron chi connectivity index (χ1n) is 9.73. The molecule has 0 aromatic carbocycles. The number of amides is 2. The summed E-state index contributed by atoms with van der Waals surface area (Å²) in [7, 11) is 0. The van der Waals surface area contributed by atoms with Crippen LogP contribution in [0.3, 0.4) is 0 Å². The van der Waals surface area contributed by atoms with Crippen molar-refractivity contribution < 1.29 is 19.6 Å². The van der Waals surface area contributed by atoms with Crippen molar-refractivity contribution in [2.45, 2.75) is 79.7 Å². The van der Waals surface area contributed by atoms with Gasteiger partial charge in [0.25, 0.3) is 0 Å². The van der Waals surface area contributed by atoms with Gasteiger partial charge in [-0.1, -0.05) is 47.5 Å². The largest absolute Gasteiger partial charge is 0.346 e. The van der Waals surface area contributed by atoms with E-state index in [0.29, 0.717) is 6.42 Å². The molecule has 3 N–H and O–H groups in total. The standard InChI is InChI=1S/C20H36N2O4/c1-12(2)11-15(16(19(25)22-26)14-9-7-8-10-14)18(24)21-17(13(3)23)20(4,5)6/h12,14-17,26H,7-11H2,1-6H3,(H,21,24)(H,22,25)/t15?,16-,17+/m0/s1. The van der Waals surface area contributed by atoms with Crippen LogP contribution in [0.25, 0.3) is 0 Å². The van der Waals surface area contributed by atoms with Gasteiger partial charge in [-0.05, 0) is 43.4 Å². The van der Waals surface area contributed by atoms with Crippen molar-refractivity contribution in [2.75, 3.05) is 0 Å². The second-order valence-electron chi connectivity index (χ2n) is 9.20. The first kappa shape index (κ1) is 22.6. The van der Waals surface area contributed by atoms with Crippen molar-refractivity contribution >= 4 is 17.6 Å². The van der Waals surface area contributed by atoms with Crippen LogP contribution in [0, 0.1) is 29.1 Å². The lowest BCUT2D eigenvalue weighted by Crippen LogP contribution is -2.53. The van der Waals surface area contributed by atoms with Gasteiger partial charge in [-0.2, -0.15) is 0 Å². The highest BCUT2D eigenvalue weighted by Gasteiger charge is 2.42. The Morgan fingerprint density at radius 3 is 2.00 bits per heavy atom. The number of carbonyl (C=O) groups is 3. The summed E-state index contributed by atoms with van der Waals surface area (Å²) in [6.45, 7) is 11.2. The lowest BCUT2D eigenvalue weighted by atomic mass is 9.75. The molecule has 0 saturated heterocycles. The molecule has 1 rings (SSSR count). The summed E-state index contributed by atoms with van der Waals surface area (Å²) < 4.78 is 0. The van der Waals surface area contributed by atoms with Crippen LogP contribution in [0.4, 0.5) is 0 Å². The summed E-state index contributed by atoms with van der Waals surface area (Å²) in [5.41, 5.74) is 1.36. The van der Waals surface area contributed by atoms with Gasteiger partial charge in [-0.15, -0.1) is 0 Å². The monoisotopic (exact) mass is 368 g/mol. The molecule has 26 heavy (non-hydrogen) atoms. The third-order valence-electron chi connectivity index (χ3n) is 5.38. The Labute approximate surface area is 157 Å². The van der Waals surface area contributed by atoms with E-state index in [0.717, 1.165) is 25.7 Å². The third kappa shape index (κ3) is 6.08. The lowest BCUT2D eigenvalue weighted by Gasteiger charge is -2.34. The topological polar surface area (TPSA) is 95.5 Å². The molecule has 6 nitrogen and oxygen atoms in total. The number of nitrogens with one attached hydrogen (secondary N) is 2. The van der Waals surface area contributed by atoms with E-state index in [2.05, 4.69) is 5.32 Å². The predicted octanol–water partition coefficient (Wildman–Crippen LogP) is 3.08. The van der Waals surface area contributed by atoms with E-state index in [1.54, 1.807) is 5.48 Å². The Balaban J connectivity index is 3.13. The van der Waals surface area contributed by atoms with Crippen molar-refractivity contribution in [3.05, 3.63) is 0 Å². The maximum Gasteiger partial charge on any atom is 0.247 e. The number of rotatable bonds is 8. The fraction of sp³-hybridized carbons (Fsp3) is 0.850. The molecule has 6 heteroatoms. The highest BCUT2D eigenvalue weighted by atomic mass is 16.5. The molecule has 1 fully saturated rings. The minimum atomic E-state index is -0.605. The van der Waals surface area contributed by atoms with Crippen LogP contribution in [0.2, 0.25) is 0 Å². The molecule has 1 saturated carbocycles. The number of hydroxylamine groups is 1. The summed E-state index contributed by atoms with van der Waals surface area (Å²) in [5, 5.41) is 12.1. The van der Waals surface area contributed by atoms with E-state index >= 15 is 0 Å². The number of carbonyl (C=O) groups excluding carboxylic acids is 3. The molecule has 0 aromatic rings. The van der Waals surface area contributed by atoms with Crippen LogP contribution >= 0.6 is 0 Å². The second-order valence-corrected chi connectivity index (χ2v) is 9.20. The van der Waals surface area contributed by atoms with E-state index in [-0.39, 0.29) is 23.5 Å². The summed E-state index contributed by atoms with van der Waals surface area (Å²) in [5.74, 6) is -1.69. The van der Waals surface area contributed by atoms with E-state index in [4.69, 9.17) is 0 Å². The average Bonchev–Trinajstić information content (AvgIpc) is 3.03. The van der Waals surface area contributed by atoms with Crippen LogP contribution in [-0.4, -0.2) is 28.8 Å².